The summed E-state index contributed by atoms with van der Waals surface area (Å²) in [4.78, 5) is 15.4. The molecule has 1 fully saturated rings. The van der Waals surface area contributed by atoms with Gasteiger partial charge >= 0.3 is 0 Å². The predicted molar refractivity (Wildman–Crippen MR) is 101 cm³/mol. The van der Waals surface area contributed by atoms with Crippen LogP contribution in [-0.4, -0.2) is 36.5 Å². The molecule has 25 heavy (non-hydrogen) atoms. The number of rotatable bonds is 4. The molecule has 0 bridgehead atoms. The molecule has 0 saturated carbocycles. The molecule has 2 aliphatic rings. The molecule has 2 heterocycles. The number of carbonyl (C=O) groups excluding carboxylic acids is 1. The van der Waals surface area contributed by atoms with E-state index in [0.717, 1.165) is 43.6 Å². The minimum atomic E-state index is 0.219. The standard InChI is InChI=1S/C22H26N2O/c1-3-16-11-15(2)21-18(12-16)19-13-23-14-20(19)24(22(21)25)10-9-17-7-5-4-6-8-17/h4-8,11-12,19-20,23H,3,9-10,13-14H2,1-2H3/t19-,20+/m1/s1. The molecule has 3 heteroatoms. The lowest BCUT2D eigenvalue weighted by Gasteiger charge is -2.39. The van der Waals surface area contributed by atoms with Gasteiger partial charge in [-0.15, -0.1) is 0 Å². The van der Waals surface area contributed by atoms with Crippen molar-refractivity contribution in [3.63, 3.8) is 0 Å². The highest BCUT2D eigenvalue weighted by Gasteiger charge is 2.42. The summed E-state index contributed by atoms with van der Waals surface area (Å²) >= 11 is 0. The van der Waals surface area contributed by atoms with Gasteiger partial charge in [-0.05, 0) is 42.0 Å². The van der Waals surface area contributed by atoms with Crippen molar-refractivity contribution in [3.05, 3.63) is 70.3 Å². The molecular formula is C22H26N2O. The van der Waals surface area contributed by atoms with Crippen LogP contribution < -0.4 is 5.32 Å². The van der Waals surface area contributed by atoms with Crippen LogP contribution >= 0.6 is 0 Å². The Morgan fingerprint density at radius 3 is 2.68 bits per heavy atom. The van der Waals surface area contributed by atoms with Gasteiger partial charge in [-0.1, -0.05) is 49.4 Å². The predicted octanol–water partition coefficient (Wildman–Crippen LogP) is 3.31. The van der Waals surface area contributed by atoms with Gasteiger partial charge in [0.1, 0.15) is 0 Å². The van der Waals surface area contributed by atoms with Crippen molar-refractivity contribution >= 4 is 5.91 Å². The number of hydrogen-bond donors (Lipinski definition) is 1. The molecule has 0 aromatic heterocycles. The van der Waals surface area contributed by atoms with Crippen LogP contribution in [0.1, 0.15) is 45.5 Å². The monoisotopic (exact) mass is 334 g/mol. The fraction of sp³-hybridized carbons (Fsp3) is 0.409. The molecule has 1 saturated heterocycles. The molecule has 3 nitrogen and oxygen atoms in total. The fourth-order valence-corrected chi connectivity index (χ4v) is 4.45. The second kappa shape index (κ2) is 6.64. The van der Waals surface area contributed by atoms with Gasteiger partial charge in [0.2, 0.25) is 0 Å². The molecule has 2 aromatic rings. The van der Waals surface area contributed by atoms with Gasteiger partial charge in [0.25, 0.3) is 5.91 Å². The number of carbonyl (C=O) groups is 1. The molecule has 2 aromatic carbocycles. The Bertz CT molecular complexity index is 784. The van der Waals surface area contributed by atoms with Crippen molar-refractivity contribution in [1.82, 2.24) is 10.2 Å². The Kier molecular flexibility index (Phi) is 4.34. The lowest BCUT2D eigenvalue weighted by Crippen LogP contribution is -2.49. The van der Waals surface area contributed by atoms with Crippen molar-refractivity contribution in [2.75, 3.05) is 19.6 Å². The van der Waals surface area contributed by atoms with Crippen molar-refractivity contribution in [1.29, 1.82) is 0 Å². The highest BCUT2D eigenvalue weighted by atomic mass is 16.2. The Morgan fingerprint density at radius 2 is 1.92 bits per heavy atom. The van der Waals surface area contributed by atoms with Crippen LogP contribution in [0.15, 0.2) is 42.5 Å². The summed E-state index contributed by atoms with van der Waals surface area (Å²) in [5.41, 5.74) is 5.99. The Labute approximate surface area is 150 Å². The third-order valence-corrected chi connectivity index (χ3v) is 5.77. The summed E-state index contributed by atoms with van der Waals surface area (Å²) in [6.07, 6.45) is 1.93. The normalized spacial score (nSPS) is 22.0. The first kappa shape index (κ1) is 16.3. The fourth-order valence-electron chi connectivity index (χ4n) is 4.45. The van der Waals surface area contributed by atoms with Crippen LogP contribution in [0.25, 0.3) is 0 Å². The third kappa shape index (κ3) is 2.87. The molecule has 130 valence electrons. The average molecular weight is 334 g/mol. The maximum atomic E-state index is 13.3. The van der Waals surface area contributed by atoms with Crippen LogP contribution in [0.3, 0.4) is 0 Å². The molecule has 0 spiro atoms. The van der Waals surface area contributed by atoms with E-state index in [-0.39, 0.29) is 11.9 Å². The van der Waals surface area contributed by atoms with Crippen molar-refractivity contribution < 1.29 is 4.79 Å². The topological polar surface area (TPSA) is 32.3 Å². The van der Waals surface area contributed by atoms with Crippen LogP contribution in [0.2, 0.25) is 0 Å². The Balaban J connectivity index is 1.67. The highest BCUT2D eigenvalue weighted by molar-refractivity contribution is 5.99. The second-order valence-corrected chi connectivity index (χ2v) is 7.30. The van der Waals surface area contributed by atoms with Gasteiger partial charge in [-0.25, -0.2) is 0 Å². The maximum absolute atomic E-state index is 13.3. The first-order chi connectivity index (χ1) is 12.2. The van der Waals surface area contributed by atoms with Crippen LogP contribution in [-0.2, 0) is 12.8 Å². The molecule has 0 aliphatic carbocycles. The van der Waals surface area contributed by atoms with Crippen molar-refractivity contribution in [3.8, 4) is 0 Å². The van der Waals surface area contributed by atoms with Gasteiger partial charge in [0, 0.05) is 31.1 Å². The summed E-state index contributed by atoms with van der Waals surface area (Å²) in [6.45, 7) is 6.94. The van der Waals surface area contributed by atoms with E-state index in [2.05, 4.69) is 60.5 Å². The van der Waals surface area contributed by atoms with Crippen molar-refractivity contribution in [2.24, 2.45) is 0 Å². The van der Waals surface area contributed by atoms with Crippen LogP contribution in [0, 0.1) is 6.92 Å². The zero-order chi connectivity index (χ0) is 17.4. The van der Waals surface area contributed by atoms with E-state index in [4.69, 9.17) is 0 Å². The van der Waals surface area contributed by atoms with E-state index < -0.39 is 0 Å². The molecule has 1 N–H and O–H groups in total. The summed E-state index contributed by atoms with van der Waals surface area (Å²) in [5.74, 6) is 0.643. The zero-order valence-electron chi connectivity index (χ0n) is 15.1. The average Bonchev–Trinajstić information content (AvgIpc) is 3.11. The van der Waals surface area contributed by atoms with E-state index in [1.807, 2.05) is 6.07 Å². The quantitative estimate of drug-likeness (QED) is 0.930. The number of aryl methyl sites for hydroxylation is 2. The van der Waals surface area contributed by atoms with Gasteiger partial charge < -0.3 is 10.2 Å². The van der Waals surface area contributed by atoms with E-state index in [9.17, 15) is 4.79 Å². The molecule has 0 radical (unpaired) electrons. The lowest BCUT2D eigenvalue weighted by atomic mass is 9.81. The smallest absolute Gasteiger partial charge is 0.254 e. The largest absolute Gasteiger partial charge is 0.333 e. The minimum Gasteiger partial charge on any atom is -0.333 e. The maximum Gasteiger partial charge on any atom is 0.254 e. The molecular weight excluding hydrogens is 308 g/mol. The van der Waals surface area contributed by atoms with E-state index in [1.54, 1.807) is 0 Å². The third-order valence-electron chi connectivity index (χ3n) is 5.77. The molecule has 1 amide bonds. The summed E-state index contributed by atoms with van der Waals surface area (Å²) in [7, 11) is 0. The Morgan fingerprint density at radius 1 is 1.12 bits per heavy atom. The van der Waals surface area contributed by atoms with E-state index in [0.29, 0.717) is 5.92 Å². The molecule has 0 unspecified atom stereocenters. The van der Waals surface area contributed by atoms with Crippen LogP contribution in [0.5, 0.6) is 0 Å². The first-order valence-electron chi connectivity index (χ1n) is 9.38. The number of amides is 1. The number of hydrogen-bond acceptors (Lipinski definition) is 2. The second-order valence-electron chi connectivity index (χ2n) is 7.30. The van der Waals surface area contributed by atoms with Gasteiger partial charge in [-0.3, -0.25) is 4.79 Å². The Hall–Kier alpha value is -2.13. The van der Waals surface area contributed by atoms with E-state index >= 15 is 0 Å². The summed E-state index contributed by atoms with van der Waals surface area (Å²) < 4.78 is 0. The molecule has 4 rings (SSSR count). The van der Waals surface area contributed by atoms with Gasteiger partial charge in [0.15, 0.2) is 0 Å². The van der Waals surface area contributed by atoms with E-state index in [1.165, 1.54) is 16.7 Å². The molecule has 2 atom stereocenters. The van der Waals surface area contributed by atoms with Gasteiger partial charge in [-0.2, -0.15) is 0 Å². The summed E-state index contributed by atoms with van der Waals surface area (Å²) in [6, 6.07) is 15.2. The SMILES string of the molecule is CCc1cc(C)c2c(c1)[C@H]1CNC[C@@H]1N(CCc1ccccc1)C2=O. The number of nitrogens with zero attached hydrogens (tertiary/aromatic N) is 1. The van der Waals surface area contributed by atoms with Crippen LogP contribution in [0.4, 0.5) is 0 Å². The minimum absolute atomic E-state index is 0.219. The van der Waals surface area contributed by atoms with Gasteiger partial charge in [0.05, 0.1) is 6.04 Å². The zero-order valence-corrected chi connectivity index (χ0v) is 15.1. The number of nitrogens with one attached hydrogen (secondary N) is 1. The summed E-state index contributed by atoms with van der Waals surface area (Å²) in [5, 5.41) is 3.52. The lowest BCUT2D eigenvalue weighted by molar-refractivity contribution is 0.0650. The number of benzene rings is 2. The molecule has 2 aliphatic heterocycles. The highest BCUT2D eigenvalue weighted by Crippen LogP contribution is 2.37. The van der Waals surface area contributed by atoms with Crippen molar-refractivity contribution in [2.45, 2.75) is 38.6 Å². The number of fused-ring (bicyclic) bond motifs is 3. The first-order valence-corrected chi connectivity index (χ1v) is 9.38.